The van der Waals surface area contributed by atoms with Crippen molar-refractivity contribution in [2.24, 2.45) is 5.10 Å². The Labute approximate surface area is 214 Å². The standard InChI is InChI=1S/C24H23Cl2N3O5S/c1-16-4-7-18(8-5-16)29(35(31,32)19-9-11-22(33-2)23(13-19)34-3)15-24(30)28-27-14-17-6-10-20(25)21(26)12-17/h4-14H,15H2,1-3H3,(H,28,30)/b27-14-. The maximum Gasteiger partial charge on any atom is 0.264 e. The topological polar surface area (TPSA) is 97.3 Å². The van der Waals surface area contributed by atoms with E-state index in [-0.39, 0.29) is 10.6 Å². The van der Waals surface area contributed by atoms with Gasteiger partial charge >= 0.3 is 0 Å². The highest BCUT2D eigenvalue weighted by molar-refractivity contribution is 7.92. The Hall–Kier alpha value is -3.27. The number of ether oxygens (including phenoxy) is 2. The summed E-state index contributed by atoms with van der Waals surface area (Å²) in [5.41, 5.74) is 4.20. The average Bonchev–Trinajstić information content (AvgIpc) is 2.84. The van der Waals surface area contributed by atoms with Crippen molar-refractivity contribution in [3.8, 4) is 11.5 Å². The molecule has 0 atom stereocenters. The first-order valence-corrected chi connectivity index (χ1v) is 12.4. The van der Waals surface area contributed by atoms with Crippen LogP contribution < -0.4 is 19.2 Å². The van der Waals surface area contributed by atoms with Gasteiger partial charge in [-0.1, -0.05) is 47.0 Å². The summed E-state index contributed by atoms with van der Waals surface area (Å²) in [5.74, 6) is -0.0261. The number of methoxy groups -OCH3 is 2. The molecule has 0 spiro atoms. The summed E-state index contributed by atoms with van der Waals surface area (Å²) in [7, 11) is -1.29. The molecule has 8 nitrogen and oxygen atoms in total. The maximum absolute atomic E-state index is 13.6. The minimum absolute atomic E-state index is 0.0668. The lowest BCUT2D eigenvalue weighted by Crippen LogP contribution is -2.39. The van der Waals surface area contributed by atoms with Crippen LogP contribution in [0.5, 0.6) is 11.5 Å². The Morgan fingerprint density at radius 1 is 0.971 bits per heavy atom. The van der Waals surface area contributed by atoms with Crippen molar-refractivity contribution in [2.75, 3.05) is 25.1 Å². The van der Waals surface area contributed by atoms with E-state index in [1.807, 2.05) is 6.92 Å². The molecule has 0 saturated carbocycles. The number of halogens is 2. The van der Waals surface area contributed by atoms with E-state index in [1.165, 1.54) is 38.6 Å². The summed E-state index contributed by atoms with van der Waals surface area (Å²) in [6, 6.07) is 15.8. The number of aryl methyl sites for hydroxylation is 1. The second-order valence-corrected chi connectivity index (χ2v) is 10.0. The fourth-order valence-corrected chi connectivity index (χ4v) is 4.81. The lowest BCUT2D eigenvalue weighted by Gasteiger charge is -2.24. The molecule has 35 heavy (non-hydrogen) atoms. The van der Waals surface area contributed by atoms with Gasteiger partial charge in [-0.3, -0.25) is 9.10 Å². The third-order valence-electron chi connectivity index (χ3n) is 4.90. The Morgan fingerprint density at radius 2 is 1.66 bits per heavy atom. The number of rotatable bonds is 9. The minimum atomic E-state index is -4.15. The second kappa shape index (κ2) is 11.4. The molecule has 0 aliphatic heterocycles. The molecule has 1 N–H and O–H groups in total. The van der Waals surface area contributed by atoms with Gasteiger partial charge in [0.1, 0.15) is 6.54 Å². The van der Waals surface area contributed by atoms with Crippen molar-refractivity contribution in [2.45, 2.75) is 11.8 Å². The van der Waals surface area contributed by atoms with Crippen molar-refractivity contribution in [1.29, 1.82) is 0 Å². The summed E-state index contributed by atoms with van der Waals surface area (Å²) in [6.45, 7) is 1.36. The van der Waals surface area contributed by atoms with E-state index in [2.05, 4.69) is 10.5 Å². The van der Waals surface area contributed by atoms with Crippen LogP contribution in [0.4, 0.5) is 5.69 Å². The summed E-state index contributed by atoms with van der Waals surface area (Å²) in [4.78, 5) is 12.6. The van der Waals surface area contributed by atoms with Crippen LogP contribution in [0.2, 0.25) is 10.0 Å². The van der Waals surface area contributed by atoms with Crippen molar-refractivity contribution in [3.63, 3.8) is 0 Å². The number of carbonyl (C=O) groups excluding carboxylic acids is 1. The van der Waals surface area contributed by atoms with Gasteiger partial charge in [0, 0.05) is 6.07 Å². The molecule has 0 radical (unpaired) electrons. The van der Waals surface area contributed by atoms with Crippen LogP contribution in [-0.2, 0) is 14.8 Å². The number of amides is 1. The number of nitrogens with one attached hydrogen (secondary N) is 1. The molecule has 0 saturated heterocycles. The van der Waals surface area contributed by atoms with Crippen LogP contribution >= 0.6 is 23.2 Å². The van der Waals surface area contributed by atoms with Gasteiger partial charge in [-0.05, 0) is 48.9 Å². The largest absolute Gasteiger partial charge is 0.493 e. The van der Waals surface area contributed by atoms with E-state index in [1.54, 1.807) is 42.5 Å². The van der Waals surface area contributed by atoms with Crippen LogP contribution in [0.1, 0.15) is 11.1 Å². The predicted molar refractivity (Wildman–Crippen MR) is 137 cm³/mol. The summed E-state index contributed by atoms with van der Waals surface area (Å²) < 4.78 is 38.6. The van der Waals surface area contributed by atoms with E-state index < -0.39 is 22.5 Å². The smallest absolute Gasteiger partial charge is 0.264 e. The molecule has 0 aliphatic carbocycles. The van der Waals surface area contributed by atoms with Gasteiger partial charge in [0.25, 0.3) is 15.9 Å². The van der Waals surface area contributed by atoms with Gasteiger partial charge in [0.2, 0.25) is 0 Å². The summed E-state index contributed by atoms with van der Waals surface area (Å²) >= 11 is 11.9. The lowest BCUT2D eigenvalue weighted by molar-refractivity contribution is -0.119. The molecule has 0 fully saturated rings. The summed E-state index contributed by atoms with van der Waals surface area (Å²) in [5, 5.41) is 4.63. The zero-order valence-corrected chi connectivity index (χ0v) is 21.5. The highest BCUT2D eigenvalue weighted by atomic mass is 35.5. The second-order valence-electron chi connectivity index (χ2n) is 7.33. The molecule has 0 heterocycles. The first kappa shape index (κ1) is 26.3. The zero-order valence-electron chi connectivity index (χ0n) is 19.2. The van der Waals surface area contributed by atoms with Gasteiger partial charge in [-0.25, -0.2) is 13.8 Å². The van der Waals surface area contributed by atoms with E-state index in [0.29, 0.717) is 27.0 Å². The molecule has 11 heteroatoms. The number of hydrogen-bond donors (Lipinski definition) is 1. The molecule has 3 aromatic carbocycles. The van der Waals surface area contributed by atoms with E-state index in [9.17, 15) is 13.2 Å². The number of anilines is 1. The summed E-state index contributed by atoms with van der Waals surface area (Å²) in [6.07, 6.45) is 1.37. The average molecular weight is 536 g/mol. The van der Waals surface area contributed by atoms with E-state index in [0.717, 1.165) is 9.87 Å². The van der Waals surface area contributed by atoms with Crippen LogP contribution in [0.3, 0.4) is 0 Å². The van der Waals surface area contributed by atoms with Gasteiger partial charge in [-0.15, -0.1) is 0 Å². The molecular weight excluding hydrogens is 513 g/mol. The third kappa shape index (κ3) is 6.45. The number of carbonyl (C=O) groups is 1. The van der Waals surface area contributed by atoms with Crippen LogP contribution in [0.15, 0.2) is 70.7 Å². The number of sulfonamides is 1. The number of benzene rings is 3. The minimum Gasteiger partial charge on any atom is -0.493 e. The number of hydrogen-bond acceptors (Lipinski definition) is 6. The van der Waals surface area contributed by atoms with Crippen molar-refractivity contribution in [1.82, 2.24) is 5.43 Å². The molecular formula is C24H23Cl2N3O5S. The molecule has 0 bridgehead atoms. The Bertz CT molecular complexity index is 1350. The first-order chi connectivity index (χ1) is 16.6. The van der Waals surface area contributed by atoms with Gasteiger partial charge in [-0.2, -0.15) is 5.10 Å². The van der Waals surface area contributed by atoms with Crippen molar-refractivity contribution < 1.29 is 22.7 Å². The Kier molecular flexibility index (Phi) is 8.61. The first-order valence-electron chi connectivity index (χ1n) is 10.2. The quantitative estimate of drug-likeness (QED) is 0.317. The van der Waals surface area contributed by atoms with Crippen LogP contribution in [-0.4, -0.2) is 41.3 Å². The van der Waals surface area contributed by atoms with E-state index >= 15 is 0 Å². The molecule has 184 valence electrons. The molecule has 3 aromatic rings. The lowest BCUT2D eigenvalue weighted by atomic mass is 10.2. The molecule has 0 aromatic heterocycles. The Balaban J connectivity index is 1.88. The van der Waals surface area contributed by atoms with E-state index in [4.69, 9.17) is 32.7 Å². The molecule has 0 aliphatic rings. The molecule has 3 rings (SSSR count). The number of nitrogens with zero attached hydrogens (tertiary/aromatic N) is 2. The van der Waals surface area contributed by atoms with Gasteiger partial charge < -0.3 is 9.47 Å². The fraction of sp³-hybridized carbons (Fsp3) is 0.167. The highest BCUT2D eigenvalue weighted by Crippen LogP contribution is 2.32. The normalized spacial score (nSPS) is 11.3. The third-order valence-corrected chi connectivity index (χ3v) is 7.41. The zero-order chi connectivity index (χ0) is 25.6. The van der Waals surface area contributed by atoms with Crippen molar-refractivity contribution in [3.05, 3.63) is 81.8 Å². The highest BCUT2D eigenvalue weighted by Gasteiger charge is 2.28. The van der Waals surface area contributed by atoms with Crippen molar-refractivity contribution >= 4 is 51.0 Å². The Morgan fingerprint density at radius 3 is 2.29 bits per heavy atom. The SMILES string of the molecule is COc1ccc(S(=O)(=O)N(CC(=O)N/N=C\c2ccc(Cl)c(Cl)c2)c2ccc(C)cc2)cc1OC. The van der Waals surface area contributed by atoms with Crippen LogP contribution in [0.25, 0.3) is 0 Å². The van der Waals surface area contributed by atoms with Crippen LogP contribution in [0, 0.1) is 6.92 Å². The fourth-order valence-electron chi connectivity index (χ4n) is 3.07. The number of hydrazone groups is 1. The maximum atomic E-state index is 13.6. The molecule has 1 amide bonds. The van der Waals surface area contributed by atoms with Gasteiger partial charge in [0.05, 0.1) is 41.1 Å². The monoisotopic (exact) mass is 535 g/mol. The van der Waals surface area contributed by atoms with Gasteiger partial charge in [0.15, 0.2) is 11.5 Å². The predicted octanol–water partition coefficient (Wildman–Crippen LogP) is 4.66. The molecule has 0 unspecified atom stereocenters.